The Kier molecular flexibility index (Phi) is 9.02. The van der Waals surface area contributed by atoms with Gasteiger partial charge in [0.1, 0.15) is 5.54 Å². The van der Waals surface area contributed by atoms with Crippen LogP contribution in [-0.2, 0) is 14.3 Å². The second-order valence-corrected chi connectivity index (χ2v) is 5.82. The summed E-state index contributed by atoms with van der Waals surface area (Å²) in [5, 5.41) is 3.27. The number of hydrogen-bond acceptors (Lipinski definition) is 4. The molecular weight excluding hydrogens is 242 g/mol. The minimum Gasteiger partial charge on any atom is -0.468 e. The molecule has 0 aromatic rings. The van der Waals surface area contributed by atoms with Gasteiger partial charge >= 0.3 is 5.97 Å². The maximum Gasteiger partial charge on any atom is 0.325 e. The standard InChI is InChI=1S/C15H31NO3/c1-7-9-16-15(5,14(17)18-6)11-13(4)19-10-8-12(2)3/h12-13,16H,7-11H2,1-6H3. The molecule has 0 aromatic heterocycles. The zero-order chi connectivity index (χ0) is 14.9. The predicted molar refractivity (Wildman–Crippen MR) is 78.2 cm³/mol. The van der Waals surface area contributed by atoms with Crippen molar-refractivity contribution in [3.8, 4) is 0 Å². The molecule has 1 N–H and O–H groups in total. The summed E-state index contributed by atoms with van der Waals surface area (Å²) in [6.07, 6.45) is 2.68. The van der Waals surface area contributed by atoms with Gasteiger partial charge in [0, 0.05) is 13.0 Å². The topological polar surface area (TPSA) is 47.6 Å². The van der Waals surface area contributed by atoms with Gasteiger partial charge in [-0.3, -0.25) is 4.79 Å². The van der Waals surface area contributed by atoms with Crippen molar-refractivity contribution in [1.82, 2.24) is 5.32 Å². The van der Waals surface area contributed by atoms with E-state index in [1.54, 1.807) is 0 Å². The lowest BCUT2D eigenvalue weighted by Gasteiger charge is -2.30. The molecule has 19 heavy (non-hydrogen) atoms. The van der Waals surface area contributed by atoms with E-state index in [4.69, 9.17) is 9.47 Å². The minimum absolute atomic E-state index is 0.0345. The molecule has 0 aromatic carbocycles. The van der Waals surface area contributed by atoms with Crippen molar-refractivity contribution in [3.05, 3.63) is 0 Å². The van der Waals surface area contributed by atoms with Gasteiger partial charge in [0.05, 0.1) is 13.2 Å². The number of carbonyl (C=O) groups is 1. The van der Waals surface area contributed by atoms with Crippen molar-refractivity contribution >= 4 is 5.97 Å². The number of carbonyl (C=O) groups excluding carboxylic acids is 1. The number of rotatable bonds is 10. The summed E-state index contributed by atoms with van der Waals surface area (Å²) in [4.78, 5) is 11.9. The molecule has 0 rings (SSSR count). The SMILES string of the molecule is CCCNC(C)(CC(C)OCCC(C)C)C(=O)OC. The van der Waals surface area contributed by atoms with Crippen LogP contribution in [0.15, 0.2) is 0 Å². The van der Waals surface area contributed by atoms with E-state index < -0.39 is 5.54 Å². The molecule has 0 amide bonds. The third kappa shape index (κ3) is 7.53. The van der Waals surface area contributed by atoms with Crippen LogP contribution in [0.4, 0.5) is 0 Å². The first-order chi connectivity index (χ1) is 8.85. The molecule has 0 aliphatic heterocycles. The zero-order valence-electron chi connectivity index (χ0n) is 13.4. The van der Waals surface area contributed by atoms with Crippen LogP contribution in [-0.4, -0.2) is 37.9 Å². The second kappa shape index (κ2) is 9.32. The van der Waals surface area contributed by atoms with Gasteiger partial charge in [0.25, 0.3) is 0 Å². The highest BCUT2D eigenvalue weighted by Crippen LogP contribution is 2.17. The number of nitrogens with one attached hydrogen (secondary N) is 1. The maximum atomic E-state index is 11.9. The average Bonchev–Trinajstić information content (AvgIpc) is 2.34. The molecule has 0 saturated heterocycles. The van der Waals surface area contributed by atoms with E-state index >= 15 is 0 Å². The van der Waals surface area contributed by atoms with Crippen LogP contribution in [0.25, 0.3) is 0 Å². The van der Waals surface area contributed by atoms with Crippen LogP contribution in [0.1, 0.15) is 53.9 Å². The highest BCUT2D eigenvalue weighted by atomic mass is 16.5. The first kappa shape index (κ1) is 18.4. The Labute approximate surface area is 118 Å². The van der Waals surface area contributed by atoms with Gasteiger partial charge in [-0.1, -0.05) is 20.8 Å². The third-order valence-electron chi connectivity index (χ3n) is 3.19. The lowest BCUT2D eigenvalue weighted by atomic mass is 9.94. The number of methoxy groups -OCH3 is 1. The highest BCUT2D eigenvalue weighted by Gasteiger charge is 2.35. The monoisotopic (exact) mass is 273 g/mol. The predicted octanol–water partition coefficient (Wildman–Crippen LogP) is 2.76. The Morgan fingerprint density at radius 2 is 1.95 bits per heavy atom. The molecule has 0 saturated carbocycles. The minimum atomic E-state index is -0.665. The van der Waals surface area contributed by atoms with Gasteiger partial charge in [-0.15, -0.1) is 0 Å². The summed E-state index contributed by atoms with van der Waals surface area (Å²) in [6.45, 7) is 11.9. The van der Waals surface area contributed by atoms with Gasteiger partial charge in [0.15, 0.2) is 0 Å². The van der Waals surface area contributed by atoms with Gasteiger partial charge in [-0.05, 0) is 39.2 Å². The van der Waals surface area contributed by atoms with E-state index in [0.717, 1.165) is 26.0 Å². The summed E-state index contributed by atoms with van der Waals surface area (Å²) in [5.74, 6) is 0.415. The van der Waals surface area contributed by atoms with Gasteiger partial charge in [0.2, 0.25) is 0 Å². The van der Waals surface area contributed by atoms with E-state index in [1.165, 1.54) is 7.11 Å². The van der Waals surface area contributed by atoms with E-state index in [2.05, 4.69) is 26.1 Å². The molecule has 4 nitrogen and oxygen atoms in total. The Bertz CT molecular complexity index is 256. The first-order valence-electron chi connectivity index (χ1n) is 7.30. The Balaban J connectivity index is 4.34. The quantitative estimate of drug-likeness (QED) is 0.622. The van der Waals surface area contributed by atoms with Crippen LogP contribution < -0.4 is 5.32 Å². The second-order valence-electron chi connectivity index (χ2n) is 5.82. The van der Waals surface area contributed by atoms with Gasteiger partial charge in [-0.25, -0.2) is 0 Å². The molecule has 0 fully saturated rings. The largest absolute Gasteiger partial charge is 0.468 e. The summed E-state index contributed by atoms with van der Waals surface area (Å²) in [6, 6.07) is 0. The molecule has 0 heterocycles. The molecule has 0 aliphatic rings. The van der Waals surface area contributed by atoms with Crippen LogP contribution >= 0.6 is 0 Å². The van der Waals surface area contributed by atoms with Crippen LogP contribution in [0.3, 0.4) is 0 Å². The van der Waals surface area contributed by atoms with Crippen molar-refractivity contribution in [2.45, 2.75) is 65.5 Å². The van der Waals surface area contributed by atoms with Crippen molar-refractivity contribution in [3.63, 3.8) is 0 Å². The van der Waals surface area contributed by atoms with E-state index in [-0.39, 0.29) is 12.1 Å². The lowest BCUT2D eigenvalue weighted by molar-refractivity contribution is -0.149. The van der Waals surface area contributed by atoms with Crippen molar-refractivity contribution in [1.29, 1.82) is 0 Å². The molecule has 2 atom stereocenters. The Morgan fingerprint density at radius 3 is 2.42 bits per heavy atom. The zero-order valence-corrected chi connectivity index (χ0v) is 13.4. The van der Waals surface area contributed by atoms with Crippen LogP contribution in [0.2, 0.25) is 0 Å². The fourth-order valence-corrected chi connectivity index (χ4v) is 1.99. The molecule has 0 bridgehead atoms. The van der Waals surface area contributed by atoms with Crippen molar-refractivity contribution in [2.75, 3.05) is 20.3 Å². The van der Waals surface area contributed by atoms with Crippen LogP contribution in [0.5, 0.6) is 0 Å². The number of hydrogen-bond donors (Lipinski definition) is 1. The fraction of sp³-hybridized carbons (Fsp3) is 0.933. The van der Waals surface area contributed by atoms with Crippen LogP contribution in [0, 0.1) is 5.92 Å². The molecule has 114 valence electrons. The molecule has 2 unspecified atom stereocenters. The first-order valence-corrected chi connectivity index (χ1v) is 7.30. The summed E-state index contributed by atoms with van der Waals surface area (Å²) < 4.78 is 10.7. The molecule has 0 spiro atoms. The molecule has 0 aliphatic carbocycles. The maximum absolute atomic E-state index is 11.9. The van der Waals surface area contributed by atoms with E-state index in [0.29, 0.717) is 12.3 Å². The van der Waals surface area contributed by atoms with E-state index in [9.17, 15) is 4.79 Å². The molecular formula is C15H31NO3. The smallest absolute Gasteiger partial charge is 0.325 e. The molecule has 0 radical (unpaired) electrons. The van der Waals surface area contributed by atoms with E-state index in [1.807, 2.05) is 13.8 Å². The Morgan fingerprint density at radius 1 is 1.32 bits per heavy atom. The van der Waals surface area contributed by atoms with Crippen molar-refractivity contribution in [2.24, 2.45) is 5.92 Å². The number of ether oxygens (including phenoxy) is 2. The summed E-state index contributed by atoms with van der Waals surface area (Å²) in [7, 11) is 1.43. The normalized spacial score (nSPS) is 16.2. The van der Waals surface area contributed by atoms with Gasteiger partial charge in [-0.2, -0.15) is 0 Å². The van der Waals surface area contributed by atoms with Gasteiger partial charge < -0.3 is 14.8 Å². The Hall–Kier alpha value is -0.610. The lowest BCUT2D eigenvalue weighted by Crippen LogP contribution is -2.52. The highest BCUT2D eigenvalue weighted by molar-refractivity contribution is 5.80. The fourth-order valence-electron chi connectivity index (χ4n) is 1.99. The van der Waals surface area contributed by atoms with Crippen molar-refractivity contribution < 1.29 is 14.3 Å². The average molecular weight is 273 g/mol. The third-order valence-corrected chi connectivity index (χ3v) is 3.19. The number of esters is 1. The summed E-state index contributed by atoms with van der Waals surface area (Å²) in [5.41, 5.74) is -0.665. The molecule has 4 heteroatoms. The summed E-state index contributed by atoms with van der Waals surface area (Å²) >= 11 is 0.